The fourth-order valence-corrected chi connectivity index (χ4v) is 4.85. The van der Waals surface area contributed by atoms with Crippen LogP contribution in [0.2, 0.25) is 0 Å². The SMILES string of the molecule is CCC1CN(C(c2ccccc2)(c2ccccc2)c2ccccc2)CCN1C(=O)O. The van der Waals surface area contributed by atoms with E-state index in [0.29, 0.717) is 19.6 Å². The molecule has 30 heavy (non-hydrogen) atoms. The molecule has 4 heteroatoms. The van der Waals surface area contributed by atoms with Crippen LogP contribution in [-0.4, -0.2) is 46.7 Å². The normalized spacial score (nSPS) is 17.6. The van der Waals surface area contributed by atoms with E-state index in [-0.39, 0.29) is 6.04 Å². The van der Waals surface area contributed by atoms with Gasteiger partial charge in [-0.25, -0.2) is 4.79 Å². The van der Waals surface area contributed by atoms with Gasteiger partial charge in [0, 0.05) is 25.7 Å². The van der Waals surface area contributed by atoms with E-state index >= 15 is 0 Å². The number of rotatable bonds is 5. The van der Waals surface area contributed by atoms with Crippen molar-refractivity contribution in [3.63, 3.8) is 0 Å². The van der Waals surface area contributed by atoms with Crippen LogP contribution in [0.25, 0.3) is 0 Å². The molecule has 154 valence electrons. The summed E-state index contributed by atoms with van der Waals surface area (Å²) in [7, 11) is 0. The van der Waals surface area contributed by atoms with Gasteiger partial charge < -0.3 is 10.0 Å². The maximum absolute atomic E-state index is 11.8. The Bertz CT molecular complexity index is 863. The van der Waals surface area contributed by atoms with Gasteiger partial charge in [-0.2, -0.15) is 0 Å². The number of carbonyl (C=O) groups is 1. The van der Waals surface area contributed by atoms with Crippen molar-refractivity contribution in [2.45, 2.75) is 24.9 Å². The van der Waals surface area contributed by atoms with E-state index in [9.17, 15) is 9.90 Å². The molecule has 1 unspecified atom stereocenters. The molecule has 0 aliphatic carbocycles. The van der Waals surface area contributed by atoms with Gasteiger partial charge in [0.25, 0.3) is 0 Å². The highest BCUT2D eigenvalue weighted by Crippen LogP contribution is 2.43. The summed E-state index contributed by atoms with van der Waals surface area (Å²) in [6.45, 7) is 3.92. The van der Waals surface area contributed by atoms with Crippen molar-refractivity contribution in [1.29, 1.82) is 0 Å². The standard InChI is InChI=1S/C26H28N2O2/c1-2-24-20-27(18-19-28(24)25(29)30)26(21-12-6-3-7-13-21,22-14-8-4-9-15-22)23-16-10-5-11-17-23/h3-17,24H,2,18-20H2,1H3,(H,29,30). The van der Waals surface area contributed by atoms with Gasteiger partial charge in [0.2, 0.25) is 0 Å². The first-order valence-electron chi connectivity index (χ1n) is 10.6. The summed E-state index contributed by atoms with van der Waals surface area (Å²) in [5, 5.41) is 9.69. The van der Waals surface area contributed by atoms with Crippen molar-refractivity contribution in [2.75, 3.05) is 19.6 Å². The molecular weight excluding hydrogens is 372 g/mol. The molecule has 0 aromatic heterocycles. The first-order chi connectivity index (χ1) is 14.7. The van der Waals surface area contributed by atoms with Gasteiger partial charge in [-0.15, -0.1) is 0 Å². The number of nitrogens with zero attached hydrogens (tertiary/aromatic N) is 2. The second-order valence-electron chi connectivity index (χ2n) is 7.79. The van der Waals surface area contributed by atoms with E-state index < -0.39 is 11.6 Å². The van der Waals surface area contributed by atoms with Crippen LogP contribution in [0.3, 0.4) is 0 Å². The van der Waals surface area contributed by atoms with E-state index in [1.807, 2.05) is 18.2 Å². The molecule has 3 aromatic rings. The van der Waals surface area contributed by atoms with Gasteiger partial charge in [0.15, 0.2) is 0 Å². The summed E-state index contributed by atoms with van der Waals surface area (Å²) < 4.78 is 0. The molecule has 1 aliphatic rings. The van der Waals surface area contributed by atoms with E-state index in [4.69, 9.17) is 0 Å². The molecule has 0 saturated carbocycles. The summed E-state index contributed by atoms with van der Waals surface area (Å²) in [4.78, 5) is 15.9. The lowest BCUT2D eigenvalue weighted by Gasteiger charge is -2.51. The lowest BCUT2D eigenvalue weighted by atomic mass is 9.75. The Balaban J connectivity index is 1.93. The van der Waals surface area contributed by atoms with Gasteiger partial charge in [0.05, 0.1) is 5.54 Å². The Morgan fingerprint density at radius 1 is 0.833 bits per heavy atom. The summed E-state index contributed by atoms with van der Waals surface area (Å²) in [6.07, 6.45) is -0.0386. The van der Waals surface area contributed by atoms with E-state index in [0.717, 1.165) is 6.42 Å². The minimum absolute atomic E-state index is 0.0354. The second-order valence-corrected chi connectivity index (χ2v) is 7.79. The third-order valence-corrected chi connectivity index (χ3v) is 6.25. The molecule has 3 aromatic carbocycles. The van der Waals surface area contributed by atoms with Crippen molar-refractivity contribution < 1.29 is 9.90 Å². The number of piperazine rings is 1. The highest BCUT2D eigenvalue weighted by atomic mass is 16.4. The smallest absolute Gasteiger partial charge is 0.407 e. The predicted molar refractivity (Wildman–Crippen MR) is 120 cm³/mol. The van der Waals surface area contributed by atoms with Crippen molar-refractivity contribution in [1.82, 2.24) is 9.80 Å². The molecule has 1 aliphatic heterocycles. The number of amides is 1. The molecule has 1 fully saturated rings. The van der Waals surface area contributed by atoms with Crippen LogP contribution in [0.1, 0.15) is 30.0 Å². The highest BCUT2D eigenvalue weighted by molar-refractivity contribution is 5.65. The van der Waals surface area contributed by atoms with E-state index in [1.54, 1.807) is 4.90 Å². The number of carboxylic acid groups (broad SMARTS) is 1. The molecule has 1 heterocycles. The Hall–Kier alpha value is -3.11. The Kier molecular flexibility index (Phi) is 5.86. The Morgan fingerprint density at radius 3 is 1.63 bits per heavy atom. The number of hydrogen-bond acceptors (Lipinski definition) is 2. The molecule has 0 bridgehead atoms. The maximum atomic E-state index is 11.8. The molecular formula is C26H28N2O2. The van der Waals surface area contributed by atoms with Gasteiger partial charge >= 0.3 is 6.09 Å². The Labute approximate surface area is 178 Å². The first-order valence-corrected chi connectivity index (χ1v) is 10.6. The molecule has 1 saturated heterocycles. The van der Waals surface area contributed by atoms with Gasteiger partial charge in [0.1, 0.15) is 0 Å². The van der Waals surface area contributed by atoms with Crippen LogP contribution < -0.4 is 0 Å². The highest BCUT2D eigenvalue weighted by Gasteiger charge is 2.45. The lowest BCUT2D eigenvalue weighted by molar-refractivity contribution is 0.0315. The van der Waals surface area contributed by atoms with Crippen molar-refractivity contribution >= 4 is 6.09 Å². The summed E-state index contributed by atoms with van der Waals surface area (Å²) in [6, 6.07) is 31.7. The van der Waals surface area contributed by atoms with Crippen LogP contribution in [-0.2, 0) is 5.54 Å². The summed E-state index contributed by atoms with van der Waals surface area (Å²) in [5.41, 5.74) is 3.10. The van der Waals surface area contributed by atoms with Crippen molar-refractivity contribution in [2.24, 2.45) is 0 Å². The van der Waals surface area contributed by atoms with Crippen LogP contribution in [0.15, 0.2) is 91.0 Å². The zero-order chi connectivity index (χ0) is 21.0. The van der Waals surface area contributed by atoms with Crippen LogP contribution in [0.4, 0.5) is 4.79 Å². The molecule has 1 atom stereocenters. The van der Waals surface area contributed by atoms with E-state index in [2.05, 4.69) is 84.6 Å². The third-order valence-electron chi connectivity index (χ3n) is 6.25. The third kappa shape index (κ3) is 3.48. The monoisotopic (exact) mass is 400 g/mol. The van der Waals surface area contributed by atoms with Gasteiger partial charge in [-0.1, -0.05) is 97.9 Å². The summed E-state index contributed by atoms with van der Waals surface area (Å²) in [5.74, 6) is 0. The zero-order valence-corrected chi connectivity index (χ0v) is 17.3. The first kappa shape index (κ1) is 20.2. The molecule has 0 spiro atoms. The van der Waals surface area contributed by atoms with Crippen LogP contribution in [0.5, 0.6) is 0 Å². The van der Waals surface area contributed by atoms with Gasteiger partial charge in [-0.05, 0) is 23.1 Å². The number of hydrogen-bond donors (Lipinski definition) is 1. The predicted octanol–water partition coefficient (Wildman–Crippen LogP) is 5.05. The van der Waals surface area contributed by atoms with Crippen molar-refractivity contribution in [3.8, 4) is 0 Å². The Morgan fingerprint density at radius 2 is 1.27 bits per heavy atom. The molecule has 4 rings (SSSR count). The van der Waals surface area contributed by atoms with Crippen LogP contribution >= 0.6 is 0 Å². The molecule has 0 radical (unpaired) electrons. The average Bonchev–Trinajstić information content (AvgIpc) is 2.81. The molecule has 1 amide bonds. The van der Waals surface area contributed by atoms with Crippen molar-refractivity contribution in [3.05, 3.63) is 108 Å². The van der Waals surface area contributed by atoms with Gasteiger partial charge in [-0.3, -0.25) is 4.90 Å². The fourth-order valence-electron chi connectivity index (χ4n) is 4.85. The second kappa shape index (κ2) is 8.72. The average molecular weight is 401 g/mol. The minimum atomic E-state index is -0.828. The quantitative estimate of drug-likeness (QED) is 0.609. The maximum Gasteiger partial charge on any atom is 0.407 e. The number of benzene rings is 3. The lowest BCUT2D eigenvalue weighted by Crippen LogP contribution is -2.61. The van der Waals surface area contributed by atoms with Crippen LogP contribution in [0, 0.1) is 0 Å². The molecule has 4 nitrogen and oxygen atoms in total. The topological polar surface area (TPSA) is 43.8 Å². The van der Waals surface area contributed by atoms with E-state index in [1.165, 1.54) is 16.7 Å². The fraction of sp³-hybridized carbons (Fsp3) is 0.269. The summed E-state index contributed by atoms with van der Waals surface area (Å²) >= 11 is 0. The zero-order valence-electron chi connectivity index (χ0n) is 17.3. The minimum Gasteiger partial charge on any atom is -0.465 e. The largest absolute Gasteiger partial charge is 0.465 e. The molecule has 1 N–H and O–H groups in total.